The summed E-state index contributed by atoms with van der Waals surface area (Å²) in [5.74, 6) is -1.22. The fourth-order valence-electron chi connectivity index (χ4n) is 3.55. The minimum atomic E-state index is -0.986. The molecule has 90 valence electrons. The topological polar surface area (TPSA) is 66.4 Å². The Morgan fingerprint density at radius 2 is 1.56 bits per heavy atom. The maximum absolute atomic E-state index is 11.8. The van der Waals surface area contributed by atoms with Crippen molar-refractivity contribution in [2.75, 3.05) is 7.11 Å². The highest BCUT2D eigenvalue weighted by Crippen LogP contribution is 2.55. The van der Waals surface area contributed by atoms with Crippen LogP contribution in [0.5, 0.6) is 0 Å². The zero-order valence-electron chi connectivity index (χ0n) is 9.58. The zero-order chi connectivity index (χ0) is 11.8. The number of carboxylic acids is 1. The van der Waals surface area contributed by atoms with Crippen LogP contribution in [0.25, 0.3) is 0 Å². The Bertz CT molecular complexity index is 311. The maximum Gasteiger partial charge on any atom is 0.311 e. The maximum atomic E-state index is 11.8. The summed E-state index contributed by atoms with van der Waals surface area (Å²) in [7, 11) is 1.38. The normalized spacial score (nSPS) is 37.8. The van der Waals surface area contributed by atoms with Crippen LogP contribution in [0.1, 0.15) is 44.9 Å². The minimum Gasteiger partial charge on any atom is -0.550 e. The fraction of sp³-hybridized carbons (Fsp3) is 0.833. The van der Waals surface area contributed by atoms with Crippen molar-refractivity contribution in [1.29, 1.82) is 0 Å². The van der Waals surface area contributed by atoms with Crippen molar-refractivity contribution in [3.05, 3.63) is 0 Å². The lowest BCUT2D eigenvalue weighted by molar-refractivity contribution is -0.324. The molecule has 0 saturated heterocycles. The molecule has 0 N–H and O–H groups in total. The average Bonchev–Trinajstić information content (AvgIpc) is 2.28. The second-order valence-corrected chi connectivity index (χ2v) is 5.22. The van der Waals surface area contributed by atoms with Gasteiger partial charge in [-0.3, -0.25) is 4.79 Å². The number of esters is 1. The van der Waals surface area contributed by atoms with Crippen molar-refractivity contribution in [3.8, 4) is 0 Å². The number of methoxy groups -OCH3 is 1. The first-order valence-corrected chi connectivity index (χ1v) is 5.85. The molecular formula is C12H17O4-. The molecule has 4 heteroatoms. The first-order valence-electron chi connectivity index (χ1n) is 5.85. The molecule has 2 aliphatic carbocycles. The second kappa shape index (κ2) is 3.75. The summed E-state index contributed by atoms with van der Waals surface area (Å²) in [5.41, 5.74) is -1.32. The summed E-state index contributed by atoms with van der Waals surface area (Å²) in [5, 5.41) is 11.3. The van der Waals surface area contributed by atoms with Gasteiger partial charge >= 0.3 is 5.97 Å². The second-order valence-electron chi connectivity index (χ2n) is 5.22. The Hall–Kier alpha value is -1.06. The molecule has 0 radical (unpaired) electrons. The predicted octanol–water partition coefficient (Wildman–Crippen LogP) is 0.640. The third-order valence-electron chi connectivity index (χ3n) is 4.35. The van der Waals surface area contributed by atoms with Crippen LogP contribution in [-0.2, 0) is 14.3 Å². The van der Waals surface area contributed by atoms with Crippen LogP contribution in [0.15, 0.2) is 0 Å². The summed E-state index contributed by atoms with van der Waals surface area (Å²) in [6.07, 6.45) is 4.78. The highest BCUT2D eigenvalue weighted by molar-refractivity contribution is 5.80. The average molecular weight is 225 g/mol. The van der Waals surface area contributed by atoms with Gasteiger partial charge in [-0.2, -0.15) is 0 Å². The molecule has 2 saturated carbocycles. The van der Waals surface area contributed by atoms with E-state index in [-0.39, 0.29) is 5.97 Å². The molecule has 2 rings (SSSR count). The highest BCUT2D eigenvalue weighted by atomic mass is 16.5. The van der Waals surface area contributed by atoms with Crippen LogP contribution in [0, 0.1) is 10.8 Å². The lowest BCUT2D eigenvalue weighted by Gasteiger charge is -2.51. The number of carboxylic acid groups (broad SMARTS) is 1. The molecule has 16 heavy (non-hydrogen) atoms. The molecule has 0 aromatic rings. The van der Waals surface area contributed by atoms with Gasteiger partial charge in [0.25, 0.3) is 0 Å². The highest BCUT2D eigenvalue weighted by Gasteiger charge is 2.52. The number of fused-ring (bicyclic) bond motifs is 2. The van der Waals surface area contributed by atoms with Gasteiger partial charge in [-0.1, -0.05) is 12.8 Å². The van der Waals surface area contributed by atoms with Crippen molar-refractivity contribution < 1.29 is 19.4 Å². The number of carbonyl (C=O) groups is 2. The quantitative estimate of drug-likeness (QED) is 0.647. The van der Waals surface area contributed by atoms with Gasteiger partial charge < -0.3 is 14.6 Å². The van der Waals surface area contributed by atoms with Crippen molar-refractivity contribution >= 4 is 11.9 Å². The van der Waals surface area contributed by atoms with Crippen LogP contribution in [-0.4, -0.2) is 19.0 Å². The first kappa shape index (κ1) is 11.4. The molecule has 0 heterocycles. The van der Waals surface area contributed by atoms with Crippen LogP contribution >= 0.6 is 0 Å². The third kappa shape index (κ3) is 1.51. The minimum absolute atomic E-state index is 0.238. The van der Waals surface area contributed by atoms with E-state index >= 15 is 0 Å². The number of aliphatic carboxylic acids is 1. The number of carbonyl (C=O) groups excluding carboxylic acids is 2. The van der Waals surface area contributed by atoms with Gasteiger partial charge in [-0.15, -0.1) is 0 Å². The van der Waals surface area contributed by atoms with E-state index < -0.39 is 16.8 Å². The molecule has 0 unspecified atom stereocenters. The van der Waals surface area contributed by atoms with Crippen molar-refractivity contribution in [1.82, 2.24) is 0 Å². The Morgan fingerprint density at radius 1 is 1.06 bits per heavy atom. The lowest BCUT2D eigenvalue weighted by Crippen LogP contribution is -2.53. The number of ether oxygens (including phenoxy) is 1. The smallest absolute Gasteiger partial charge is 0.311 e. The summed E-state index contributed by atoms with van der Waals surface area (Å²) in [4.78, 5) is 23.1. The molecule has 0 aromatic carbocycles. The number of hydrogen-bond donors (Lipinski definition) is 0. The van der Waals surface area contributed by atoms with Gasteiger partial charge in [-0.25, -0.2) is 0 Å². The lowest BCUT2D eigenvalue weighted by atomic mass is 9.55. The Balaban J connectivity index is 2.29. The van der Waals surface area contributed by atoms with Gasteiger partial charge in [-0.05, 0) is 32.1 Å². The summed E-state index contributed by atoms with van der Waals surface area (Å²) in [6.45, 7) is 0. The molecule has 0 aromatic heterocycles. The predicted molar refractivity (Wildman–Crippen MR) is 54.2 cm³/mol. The fourth-order valence-corrected chi connectivity index (χ4v) is 3.55. The monoisotopic (exact) mass is 225 g/mol. The molecular weight excluding hydrogens is 208 g/mol. The van der Waals surface area contributed by atoms with E-state index in [1.807, 2.05) is 0 Å². The zero-order valence-corrected chi connectivity index (χ0v) is 9.58. The van der Waals surface area contributed by atoms with E-state index in [0.717, 1.165) is 25.7 Å². The van der Waals surface area contributed by atoms with Crippen LogP contribution in [0.2, 0.25) is 0 Å². The molecule has 2 bridgehead atoms. The van der Waals surface area contributed by atoms with E-state index in [0.29, 0.717) is 19.3 Å². The summed E-state index contributed by atoms with van der Waals surface area (Å²) >= 11 is 0. The molecule has 0 amide bonds. The van der Waals surface area contributed by atoms with E-state index in [1.54, 1.807) is 0 Å². The molecule has 2 fully saturated rings. The van der Waals surface area contributed by atoms with Crippen LogP contribution < -0.4 is 5.11 Å². The van der Waals surface area contributed by atoms with Crippen molar-refractivity contribution in [3.63, 3.8) is 0 Å². The van der Waals surface area contributed by atoms with Crippen molar-refractivity contribution in [2.24, 2.45) is 10.8 Å². The van der Waals surface area contributed by atoms with Gasteiger partial charge in [0.1, 0.15) is 0 Å². The standard InChI is InChI=1S/C12H18O4/c1-16-10(15)12-6-2-4-11(8-12,9(13)14)5-3-7-12/h2-8H2,1H3,(H,13,14)/p-1. The van der Waals surface area contributed by atoms with E-state index in [9.17, 15) is 14.7 Å². The third-order valence-corrected chi connectivity index (χ3v) is 4.35. The number of rotatable bonds is 2. The largest absolute Gasteiger partial charge is 0.550 e. The first-order chi connectivity index (χ1) is 7.55. The van der Waals surface area contributed by atoms with Gasteiger partial charge in [0.15, 0.2) is 0 Å². The van der Waals surface area contributed by atoms with Crippen molar-refractivity contribution in [2.45, 2.75) is 44.9 Å². The van der Waals surface area contributed by atoms with E-state index in [1.165, 1.54) is 7.11 Å². The van der Waals surface area contributed by atoms with Gasteiger partial charge in [0.05, 0.1) is 12.5 Å². The summed E-state index contributed by atoms with van der Waals surface area (Å²) in [6, 6.07) is 0. The molecule has 4 nitrogen and oxygen atoms in total. The van der Waals surface area contributed by atoms with Gasteiger partial charge in [0, 0.05) is 11.4 Å². The van der Waals surface area contributed by atoms with Gasteiger partial charge in [0.2, 0.25) is 0 Å². The Kier molecular flexibility index (Phi) is 2.68. The number of hydrogen-bond acceptors (Lipinski definition) is 4. The molecule has 0 atom stereocenters. The molecule has 0 spiro atoms. The van der Waals surface area contributed by atoms with Crippen LogP contribution in [0.4, 0.5) is 0 Å². The summed E-state index contributed by atoms with van der Waals surface area (Å²) < 4.78 is 4.84. The Labute approximate surface area is 95.0 Å². The SMILES string of the molecule is COC(=O)C12CCCC(C(=O)[O-])(CCC1)C2. The van der Waals surface area contributed by atoms with E-state index in [4.69, 9.17) is 4.74 Å². The van der Waals surface area contributed by atoms with Crippen LogP contribution in [0.3, 0.4) is 0 Å². The Morgan fingerprint density at radius 3 is 2.00 bits per heavy atom. The molecule has 0 aliphatic heterocycles. The molecule has 2 aliphatic rings. The van der Waals surface area contributed by atoms with E-state index in [2.05, 4.69) is 0 Å².